The van der Waals surface area contributed by atoms with Gasteiger partial charge in [-0.3, -0.25) is 9.69 Å². The van der Waals surface area contributed by atoms with E-state index in [2.05, 4.69) is 52.5 Å². The Kier molecular flexibility index (Phi) is 12.4. The maximum Gasteiger partial charge on any atom is 0.248 e. The second kappa shape index (κ2) is 15.9. The Morgan fingerprint density at radius 1 is 0.978 bits per heavy atom. The smallest absolute Gasteiger partial charge is 0.248 e. The van der Waals surface area contributed by atoms with Gasteiger partial charge in [0.05, 0.1) is 16.7 Å². The number of amides is 1. The van der Waals surface area contributed by atoms with Crippen LogP contribution in [0, 0.1) is 5.92 Å². The minimum atomic E-state index is -4.00. The summed E-state index contributed by atoms with van der Waals surface area (Å²) < 4.78 is 34.7. The summed E-state index contributed by atoms with van der Waals surface area (Å²) in [7, 11) is -1.80. The number of ether oxygens (including phenoxy) is 1. The zero-order chi connectivity index (χ0) is 32.9. The van der Waals surface area contributed by atoms with Crippen molar-refractivity contribution < 1.29 is 17.9 Å². The van der Waals surface area contributed by atoms with E-state index in [1.165, 1.54) is 22.0 Å². The molecule has 3 fully saturated rings. The Morgan fingerprint density at radius 3 is 2.28 bits per heavy atom. The average Bonchev–Trinajstić information content (AvgIpc) is 3.03. The molecule has 0 aromatic heterocycles. The van der Waals surface area contributed by atoms with Crippen molar-refractivity contribution in [2.24, 2.45) is 5.92 Å². The number of hydrogen-bond acceptors (Lipinski definition) is 6. The molecular weight excluding hydrogens is 667 g/mol. The van der Waals surface area contributed by atoms with Gasteiger partial charge in [0.2, 0.25) is 15.9 Å². The lowest BCUT2D eigenvalue weighted by molar-refractivity contribution is -0.133. The first-order chi connectivity index (χ1) is 22.0. The second-order valence-corrected chi connectivity index (χ2v) is 16.4. The van der Waals surface area contributed by atoms with Crippen LogP contribution in [0.15, 0.2) is 47.4 Å². The van der Waals surface area contributed by atoms with Gasteiger partial charge in [0, 0.05) is 55.9 Å². The number of carbonyl (C=O) groups is 1. The number of carbonyl (C=O) groups excluding carboxylic acids is 1. The number of nitrogens with one attached hydrogen (secondary N) is 1. The number of benzene rings is 2. The predicted octanol–water partition coefficient (Wildman–Crippen LogP) is 6.13. The van der Waals surface area contributed by atoms with Crippen LogP contribution >= 0.6 is 34.8 Å². The van der Waals surface area contributed by atoms with E-state index in [1.807, 2.05) is 0 Å². The molecule has 0 bridgehead atoms. The summed E-state index contributed by atoms with van der Waals surface area (Å²) in [4.78, 5) is 18.1. The molecule has 2 aliphatic heterocycles. The van der Waals surface area contributed by atoms with Gasteiger partial charge >= 0.3 is 0 Å². The van der Waals surface area contributed by atoms with E-state index < -0.39 is 22.2 Å². The van der Waals surface area contributed by atoms with E-state index >= 15 is 0 Å². The van der Waals surface area contributed by atoms with Gasteiger partial charge < -0.3 is 15.0 Å². The molecule has 2 aromatic carbocycles. The third-order valence-electron chi connectivity index (χ3n) is 10.2. The van der Waals surface area contributed by atoms with Crippen LogP contribution in [0.4, 0.5) is 0 Å². The lowest BCUT2D eigenvalue weighted by atomic mass is 9.72. The Morgan fingerprint density at radius 2 is 1.63 bits per heavy atom. The third-order valence-corrected chi connectivity index (χ3v) is 13.3. The highest BCUT2D eigenvalue weighted by atomic mass is 35.5. The van der Waals surface area contributed by atoms with Crippen molar-refractivity contribution in [2.75, 3.05) is 52.9 Å². The van der Waals surface area contributed by atoms with Crippen molar-refractivity contribution in [1.29, 1.82) is 0 Å². The molecule has 0 spiro atoms. The van der Waals surface area contributed by atoms with E-state index in [0.717, 1.165) is 71.1 Å². The Hall–Kier alpha value is -1.43. The first-order valence-electron chi connectivity index (χ1n) is 16.5. The molecule has 2 atom stereocenters. The highest BCUT2D eigenvalue weighted by Gasteiger charge is 2.41. The molecule has 2 aromatic rings. The highest BCUT2D eigenvalue weighted by Crippen LogP contribution is 2.40. The van der Waals surface area contributed by atoms with Crippen LogP contribution in [0.3, 0.4) is 0 Å². The van der Waals surface area contributed by atoms with Crippen molar-refractivity contribution >= 4 is 50.7 Å². The Bertz CT molecular complexity index is 1410. The standard InChI is InChI=1S/C34H47Cl3N4O4S/c1-25(45-24-29-10-6-7-15-41(29)46(43,44)32-30(36)20-28(35)21-31(32)37)33(42)38-23-27-11-13-34(14-12-27,22-26-8-4-3-5-9-26)40-18-16-39(2)17-19-40/h3-5,8-9,20-21,25,27,29H,6-7,10-19,22-24H2,1-2H3,(H,38,42). The number of sulfonamides is 1. The van der Waals surface area contributed by atoms with Gasteiger partial charge in [0.1, 0.15) is 11.0 Å². The molecule has 2 unspecified atom stereocenters. The SMILES string of the molecule is CC(OCC1CCCCN1S(=O)(=O)c1c(Cl)cc(Cl)cc1Cl)C(=O)NCC1CCC(Cc2ccccc2)(N2CCN(C)CC2)CC1. The highest BCUT2D eigenvalue weighted by molar-refractivity contribution is 7.89. The van der Waals surface area contributed by atoms with Crippen molar-refractivity contribution in [3.8, 4) is 0 Å². The molecule has 8 nitrogen and oxygen atoms in total. The van der Waals surface area contributed by atoms with E-state index in [0.29, 0.717) is 25.4 Å². The monoisotopic (exact) mass is 712 g/mol. The van der Waals surface area contributed by atoms with Crippen molar-refractivity contribution in [2.45, 2.75) is 80.9 Å². The van der Waals surface area contributed by atoms with Crippen LogP contribution in [0.1, 0.15) is 57.4 Å². The van der Waals surface area contributed by atoms with Gasteiger partial charge in [-0.2, -0.15) is 4.31 Å². The summed E-state index contributed by atoms with van der Waals surface area (Å²) in [6.45, 7) is 7.17. The van der Waals surface area contributed by atoms with Gasteiger partial charge in [-0.05, 0) is 82.5 Å². The summed E-state index contributed by atoms with van der Waals surface area (Å²) in [5, 5.41) is 3.36. The first-order valence-corrected chi connectivity index (χ1v) is 19.1. The average molecular weight is 714 g/mol. The summed E-state index contributed by atoms with van der Waals surface area (Å²) in [6, 6.07) is 13.2. The molecule has 12 heteroatoms. The molecule has 0 radical (unpaired) electrons. The van der Waals surface area contributed by atoms with Crippen molar-refractivity contribution in [3.63, 3.8) is 0 Å². The van der Waals surface area contributed by atoms with Gasteiger partial charge in [0.15, 0.2) is 0 Å². The quantitative estimate of drug-likeness (QED) is 0.302. The second-order valence-electron chi connectivity index (χ2n) is 13.3. The fraction of sp³-hybridized carbons (Fsp3) is 0.618. The molecule has 5 rings (SSSR count). The molecule has 46 heavy (non-hydrogen) atoms. The zero-order valence-electron chi connectivity index (χ0n) is 26.9. The fourth-order valence-electron chi connectivity index (χ4n) is 7.35. The van der Waals surface area contributed by atoms with Crippen LogP contribution in [0.2, 0.25) is 15.1 Å². The van der Waals surface area contributed by atoms with Crippen LogP contribution in [0.25, 0.3) is 0 Å². The molecule has 1 N–H and O–H groups in total. The molecule has 2 saturated heterocycles. The van der Waals surface area contributed by atoms with E-state index in [1.54, 1.807) is 6.92 Å². The number of piperazine rings is 1. The largest absolute Gasteiger partial charge is 0.367 e. The number of nitrogens with zero attached hydrogens (tertiary/aromatic N) is 3. The predicted molar refractivity (Wildman–Crippen MR) is 185 cm³/mol. The summed E-state index contributed by atoms with van der Waals surface area (Å²) in [5.41, 5.74) is 1.55. The van der Waals surface area contributed by atoms with Gasteiger partial charge in [-0.15, -0.1) is 0 Å². The Balaban J connectivity index is 1.13. The van der Waals surface area contributed by atoms with Gasteiger partial charge in [-0.25, -0.2) is 8.42 Å². The minimum Gasteiger partial charge on any atom is -0.367 e. The lowest BCUT2D eigenvalue weighted by Gasteiger charge is -2.51. The number of piperidine rings is 1. The zero-order valence-corrected chi connectivity index (χ0v) is 30.0. The Labute approximate surface area is 289 Å². The number of likely N-dealkylation sites (N-methyl/N-ethyl adjacent to an activating group) is 1. The van der Waals surface area contributed by atoms with Crippen molar-refractivity contribution in [1.82, 2.24) is 19.4 Å². The number of rotatable bonds is 11. The van der Waals surface area contributed by atoms with Gasteiger partial charge in [-0.1, -0.05) is 71.6 Å². The maximum atomic E-state index is 13.6. The van der Waals surface area contributed by atoms with Crippen LogP contribution in [-0.4, -0.2) is 99.0 Å². The van der Waals surface area contributed by atoms with Crippen molar-refractivity contribution in [3.05, 3.63) is 63.1 Å². The lowest BCUT2D eigenvalue weighted by Crippen LogP contribution is -2.59. The summed E-state index contributed by atoms with van der Waals surface area (Å²) in [5.74, 6) is 0.245. The van der Waals surface area contributed by atoms with Crippen LogP contribution < -0.4 is 5.32 Å². The number of halogens is 3. The molecule has 1 aliphatic carbocycles. The van der Waals surface area contributed by atoms with E-state index in [4.69, 9.17) is 39.5 Å². The van der Waals surface area contributed by atoms with Gasteiger partial charge in [0.25, 0.3) is 0 Å². The van der Waals surface area contributed by atoms with E-state index in [9.17, 15) is 13.2 Å². The molecule has 1 saturated carbocycles. The first kappa shape index (κ1) is 35.9. The molecular formula is C34H47Cl3N4O4S. The third kappa shape index (κ3) is 8.58. The molecule has 3 aliphatic rings. The normalized spacial score (nSPS) is 26.1. The topological polar surface area (TPSA) is 82.2 Å². The number of hydrogen-bond donors (Lipinski definition) is 1. The van der Waals surface area contributed by atoms with Crippen LogP contribution in [0.5, 0.6) is 0 Å². The molecule has 254 valence electrons. The summed E-state index contributed by atoms with van der Waals surface area (Å²) in [6.07, 6.45) is 6.93. The molecule has 1 amide bonds. The fourth-order valence-corrected chi connectivity index (χ4v) is 10.5. The van der Waals surface area contributed by atoms with E-state index in [-0.39, 0.29) is 38.0 Å². The van der Waals surface area contributed by atoms with Crippen LogP contribution in [-0.2, 0) is 26.0 Å². The molecule has 2 heterocycles. The summed E-state index contributed by atoms with van der Waals surface area (Å²) >= 11 is 18.6. The minimum absolute atomic E-state index is 0.0148. The maximum absolute atomic E-state index is 13.6.